The van der Waals surface area contributed by atoms with Crippen molar-refractivity contribution in [3.05, 3.63) is 41.7 Å². The first kappa shape index (κ1) is 17.9. The molecule has 1 amide bonds. The van der Waals surface area contributed by atoms with E-state index < -0.39 is 5.54 Å². The van der Waals surface area contributed by atoms with Crippen LogP contribution in [-0.2, 0) is 4.79 Å². The van der Waals surface area contributed by atoms with E-state index >= 15 is 0 Å². The molecule has 132 valence electrons. The van der Waals surface area contributed by atoms with E-state index in [1.807, 2.05) is 44.2 Å². The molecule has 0 saturated heterocycles. The molecule has 2 aromatic rings. The fourth-order valence-corrected chi connectivity index (χ4v) is 3.98. The lowest BCUT2D eigenvalue weighted by Crippen LogP contribution is -2.52. The van der Waals surface area contributed by atoms with Crippen molar-refractivity contribution in [3.63, 3.8) is 0 Å². The van der Waals surface area contributed by atoms with Gasteiger partial charge in [0.15, 0.2) is 5.16 Å². The van der Waals surface area contributed by atoms with E-state index in [9.17, 15) is 4.79 Å². The summed E-state index contributed by atoms with van der Waals surface area (Å²) in [6.45, 7) is 3.93. The molecule has 0 radical (unpaired) electrons. The van der Waals surface area contributed by atoms with Gasteiger partial charge in [0, 0.05) is 22.0 Å². The van der Waals surface area contributed by atoms with Crippen LogP contribution in [0.25, 0.3) is 0 Å². The first-order valence-electron chi connectivity index (χ1n) is 8.65. The number of nitrogens with zero attached hydrogens (tertiary/aromatic N) is 2. The van der Waals surface area contributed by atoms with Crippen LogP contribution in [0.4, 0.5) is 5.69 Å². The van der Waals surface area contributed by atoms with Gasteiger partial charge in [0.2, 0.25) is 5.91 Å². The van der Waals surface area contributed by atoms with Crippen molar-refractivity contribution < 1.29 is 4.79 Å². The SMILES string of the molecule is Cc1cc(C)nc(Sc2ccc(NC(=O)C3(N)CCCCC3)cc2)n1. The van der Waals surface area contributed by atoms with Crippen LogP contribution in [0, 0.1) is 13.8 Å². The fourth-order valence-electron chi connectivity index (χ4n) is 3.12. The van der Waals surface area contributed by atoms with Gasteiger partial charge in [0.1, 0.15) is 0 Å². The van der Waals surface area contributed by atoms with Crippen LogP contribution >= 0.6 is 11.8 Å². The van der Waals surface area contributed by atoms with E-state index in [0.29, 0.717) is 0 Å². The van der Waals surface area contributed by atoms with E-state index in [1.165, 1.54) is 18.2 Å². The molecule has 1 aromatic heterocycles. The molecular weight excluding hydrogens is 332 g/mol. The minimum atomic E-state index is -0.724. The molecule has 1 aliphatic carbocycles. The third kappa shape index (κ3) is 4.58. The lowest BCUT2D eigenvalue weighted by molar-refractivity contribution is -0.122. The Bertz CT molecular complexity index is 734. The van der Waals surface area contributed by atoms with Crippen molar-refractivity contribution in [2.24, 2.45) is 5.73 Å². The third-order valence-electron chi connectivity index (χ3n) is 4.48. The molecule has 0 atom stereocenters. The van der Waals surface area contributed by atoms with Gasteiger partial charge in [-0.3, -0.25) is 4.79 Å². The zero-order valence-electron chi connectivity index (χ0n) is 14.7. The molecule has 0 bridgehead atoms. The van der Waals surface area contributed by atoms with Gasteiger partial charge >= 0.3 is 0 Å². The molecule has 5 nitrogen and oxygen atoms in total. The molecule has 0 aliphatic heterocycles. The van der Waals surface area contributed by atoms with Crippen molar-refractivity contribution in [1.82, 2.24) is 9.97 Å². The summed E-state index contributed by atoms with van der Waals surface area (Å²) in [6.07, 6.45) is 4.73. The van der Waals surface area contributed by atoms with Crippen molar-refractivity contribution in [2.45, 2.75) is 61.5 Å². The lowest BCUT2D eigenvalue weighted by atomic mass is 9.82. The Morgan fingerprint density at radius 3 is 2.28 bits per heavy atom. The molecule has 1 aromatic carbocycles. The summed E-state index contributed by atoms with van der Waals surface area (Å²) in [5, 5.41) is 3.69. The number of hydrogen-bond acceptors (Lipinski definition) is 5. The normalized spacial score (nSPS) is 16.4. The molecule has 25 heavy (non-hydrogen) atoms. The van der Waals surface area contributed by atoms with Crippen molar-refractivity contribution in [1.29, 1.82) is 0 Å². The van der Waals surface area contributed by atoms with E-state index in [-0.39, 0.29) is 5.91 Å². The zero-order chi connectivity index (χ0) is 17.9. The third-order valence-corrected chi connectivity index (χ3v) is 5.35. The second-order valence-electron chi connectivity index (χ2n) is 6.73. The van der Waals surface area contributed by atoms with Gasteiger partial charge in [-0.15, -0.1) is 0 Å². The van der Waals surface area contributed by atoms with Gasteiger partial charge in [-0.25, -0.2) is 9.97 Å². The lowest BCUT2D eigenvalue weighted by Gasteiger charge is -2.31. The molecule has 0 spiro atoms. The summed E-state index contributed by atoms with van der Waals surface area (Å²) < 4.78 is 0. The molecule has 1 saturated carbocycles. The predicted molar refractivity (Wildman–Crippen MR) is 101 cm³/mol. The molecule has 1 fully saturated rings. The van der Waals surface area contributed by atoms with Crippen molar-refractivity contribution in [2.75, 3.05) is 5.32 Å². The minimum Gasteiger partial charge on any atom is -0.324 e. The highest BCUT2D eigenvalue weighted by molar-refractivity contribution is 7.99. The van der Waals surface area contributed by atoms with Crippen LogP contribution < -0.4 is 11.1 Å². The van der Waals surface area contributed by atoms with Gasteiger partial charge in [-0.2, -0.15) is 0 Å². The van der Waals surface area contributed by atoms with Crippen LogP contribution in [0.2, 0.25) is 0 Å². The average molecular weight is 356 g/mol. The minimum absolute atomic E-state index is 0.0785. The first-order chi connectivity index (χ1) is 11.9. The number of aryl methyl sites for hydroxylation is 2. The number of nitrogens with one attached hydrogen (secondary N) is 1. The second kappa shape index (κ2) is 7.54. The summed E-state index contributed by atoms with van der Waals surface area (Å²) in [4.78, 5) is 22.4. The van der Waals surface area contributed by atoms with Gasteiger partial charge in [-0.05, 0) is 68.8 Å². The zero-order valence-corrected chi connectivity index (χ0v) is 15.5. The number of benzene rings is 1. The average Bonchev–Trinajstić information content (AvgIpc) is 2.56. The maximum atomic E-state index is 12.5. The number of carbonyl (C=O) groups is 1. The van der Waals surface area contributed by atoms with Crippen LogP contribution in [0.15, 0.2) is 40.4 Å². The highest BCUT2D eigenvalue weighted by Gasteiger charge is 2.35. The van der Waals surface area contributed by atoms with E-state index in [0.717, 1.165) is 52.8 Å². The Kier molecular flexibility index (Phi) is 5.39. The summed E-state index contributed by atoms with van der Waals surface area (Å²) in [5.41, 5.74) is 8.24. The maximum absolute atomic E-state index is 12.5. The predicted octanol–water partition coefficient (Wildman–Crippen LogP) is 3.84. The number of rotatable bonds is 4. The van der Waals surface area contributed by atoms with Gasteiger partial charge in [0.25, 0.3) is 0 Å². The Balaban J connectivity index is 1.64. The number of amides is 1. The molecular formula is C19H24N4OS. The summed E-state index contributed by atoms with van der Waals surface area (Å²) >= 11 is 1.51. The van der Waals surface area contributed by atoms with Gasteiger partial charge in [-0.1, -0.05) is 19.3 Å². The summed E-state index contributed by atoms with van der Waals surface area (Å²) in [6, 6.07) is 9.68. The number of hydrogen-bond donors (Lipinski definition) is 2. The number of anilines is 1. The highest BCUT2D eigenvalue weighted by Crippen LogP contribution is 2.29. The molecule has 1 heterocycles. The molecule has 3 N–H and O–H groups in total. The Morgan fingerprint density at radius 1 is 1.08 bits per heavy atom. The van der Waals surface area contributed by atoms with Crippen molar-refractivity contribution in [3.8, 4) is 0 Å². The van der Waals surface area contributed by atoms with Crippen LogP contribution in [0.3, 0.4) is 0 Å². The quantitative estimate of drug-likeness (QED) is 0.814. The van der Waals surface area contributed by atoms with E-state index in [1.54, 1.807) is 0 Å². The van der Waals surface area contributed by atoms with Gasteiger partial charge < -0.3 is 11.1 Å². The Labute approximate surface area is 152 Å². The van der Waals surface area contributed by atoms with Gasteiger partial charge in [0.05, 0.1) is 5.54 Å². The van der Waals surface area contributed by atoms with Crippen LogP contribution in [-0.4, -0.2) is 21.4 Å². The number of nitrogens with two attached hydrogens (primary N) is 1. The molecule has 0 unspecified atom stereocenters. The molecule has 3 rings (SSSR count). The monoisotopic (exact) mass is 356 g/mol. The fraction of sp³-hybridized carbons (Fsp3) is 0.421. The molecule has 1 aliphatic rings. The number of aromatic nitrogens is 2. The van der Waals surface area contributed by atoms with E-state index in [2.05, 4.69) is 15.3 Å². The largest absolute Gasteiger partial charge is 0.324 e. The Hall–Kier alpha value is -1.92. The maximum Gasteiger partial charge on any atom is 0.244 e. The first-order valence-corrected chi connectivity index (χ1v) is 9.47. The van der Waals surface area contributed by atoms with Crippen molar-refractivity contribution >= 4 is 23.4 Å². The number of carbonyl (C=O) groups excluding carboxylic acids is 1. The van der Waals surface area contributed by atoms with E-state index in [4.69, 9.17) is 5.73 Å². The smallest absolute Gasteiger partial charge is 0.244 e. The highest BCUT2D eigenvalue weighted by atomic mass is 32.2. The standard InChI is InChI=1S/C19H24N4OS/c1-13-12-14(2)22-18(21-13)25-16-8-6-15(7-9-16)23-17(24)19(20)10-4-3-5-11-19/h6-9,12H,3-5,10-11,20H2,1-2H3,(H,23,24). The molecule has 6 heteroatoms. The topological polar surface area (TPSA) is 80.9 Å². The van der Waals surface area contributed by atoms with Crippen LogP contribution in [0.5, 0.6) is 0 Å². The second-order valence-corrected chi connectivity index (χ2v) is 7.77. The Morgan fingerprint density at radius 2 is 1.68 bits per heavy atom. The summed E-state index contributed by atoms with van der Waals surface area (Å²) in [5.74, 6) is -0.0785. The van der Waals surface area contributed by atoms with Crippen LogP contribution in [0.1, 0.15) is 43.5 Å². The summed E-state index contributed by atoms with van der Waals surface area (Å²) in [7, 11) is 0.